The van der Waals surface area contributed by atoms with Crippen LogP contribution in [-0.2, 0) is 16.1 Å². The van der Waals surface area contributed by atoms with Crippen LogP contribution in [0.1, 0.15) is 52.4 Å². The van der Waals surface area contributed by atoms with Crippen LogP contribution in [0, 0.1) is 19.8 Å². The summed E-state index contributed by atoms with van der Waals surface area (Å²) in [5.41, 5.74) is 3.81. The summed E-state index contributed by atoms with van der Waals surface area (Å²) in [7, 11) is 0. The molecule has 2 aliphatic rings. The van der Waals surface area contributed by atoms with Crippen molar-refractivity contribution in [2.75, 3.05) is 19.7 Å². The third kappa shape index (κ3) is 4.41. The first-order chi connectivity index (χ1) is 15.4. The molecule has 168 valence electrons. The van der Waals surface area contributed by atoms with Crippen LogP contribution in [0.5, 0.6) is 11.5 Å². The molecule has 0 radical (unpaired) electrons. The molecule has 2 heterocycles. The summed E-state index contributed by atoms with van der Waals surface area (Å²) in [6, 6.07) is 9.50. The summed E-state index contributed by atoms with van der Waals surface area (Å²) in [4.78, 5) is 27.3. The van der Waals surface area contributed by atoms with Crippen molar-refractivity contribution in [2.45, 2.75) is 40.2 Å². The number of piperidine rings is 1. The lowest BCUT2D eigenvalue weighted by Gasteiger charge is -2.31. The van der Waals surface area contributed by atoms with Crippen molar-refractivity contribution in [2.24, 2.45) is 5.92 Å². The first-order valence-electron chi connectivity index (χ1n) is 11.1. The van der Waals surface area contributed by atoms with Crippen LogP contribution in [-0.4, -0.2) is 41.5 Å². The molecule has 4 rings (SSSR count). The number of carbonyl (C=O) groups is 2. The summed E-state index contributed by atoms with van der Waals surface area (Å²) in [5, 5.41) is 10.7. The van der Waals surface area contributed by atoms with Crippen molar-refractivity contribution >= 4 is 17.8 Å². The number of hydrogen-bond acceptors (Lipinski definition) is 6. The van der Waals surface area contributed by atoms with Crippen molar-refractivity contribution in [3.63, 3.8) is 0 Å². The third-order valence-corrected chi connectivity index (χ3v) is 6.15. The van der Waals surface area contributed by atoms with Crippen LogP contribution >= 0.6 is 0 Å². The van der Waals surface area contributed by atoms with Crippen LogP contribution in [0.15, 0.2) is 36.1 Å². The van der Waals surface area contributed by atoms with Gasteiger partial charge in [0.1, 0.15) is 11.5 Å². The fourth-order valence-corrected chi connectivity index (χ4v) is 4.45. The van der Waals surface area contributed by atoms with Gasteiger partial charge in [0.2, 0.25) is 5.78 Å². The standard InChI is InChI=1S/C26H29NO5/c1-4-31-26(30)19-8-10-27(11-9-19)15-20-21(28)13-17(3)23-24(29)22(32-25(20)23)14-18-7-5-6-16(2)12-18/h5-7,12-14,19,28H,4,8-11,15H2,1-3H3/b22-14+. The fourth-order valence-electron chi connectivity index (χ4n) is 4.45. The molecular formula is C26H29NO5. The number of likely N-dealkylation sites (tertiary alicyclic amines) is 1. The number of aryl methyl sites for hydroxylation is 2. The monoisotopic (exact) mass is 435 g/mol. The minimum absolute atomic E-state index is 0.0785. The number of rotatable bonds is 5. The van der Waals surface area contributed by atoms with E-state index in [4.69, 9.17) is 9.47 Å². The number of carbonyl (C=O) groups excluding carboxylic acids is 2. The maximum absolute atomic E-state index is 13.1. The number of hydrogen-bond donors (Lipinski definition) is 1. The Labute approximate surface area is 188 Å². The zero-order valence-corrected chi connectivity index (χ0v) is 18.8. The normalized spacial score (nSPS) is 18.0. The Kier molecular flexibility index (Phi) is 6.33. The predicted octanol–water partition coefficient (Wildman–Crippen LogP) is 4.40. The predicted molar refractivity (Wildman–Crippen MR) is 122 cm³/mol. The van der Waals surface area contributed by atoms with Gasteiger partial charge in [-0.05, 0) is 70.0 Å². The highest BCUT2D eigenvalue weighted by Gasteiger charge is 2.34. The van der Waals surface area contributed by atoms with E-state index in [1.807, 2.05) is 45.0 Å². The minimum Gasteiger partial charge on any atom is -0.507 e. The van der Waals surface area contributed by atoms with E-state index in [-0.39, 0.29) is 29.2 Å². The number of aromatic hydroxyl groups is 1. The van der Waals surface area contributed by atoms with E-state index in [1.54, 1.807) is 12.1 Å². The second-order valence-corrected chi connectivity index (χ2v) is 8.55. The molecule has 0 aliphatic carbocycles. The Morgan fingerprint density at radius 1 is 1.25 bits per heavy atom. The van der Waals surface area contributed by atoms with Gasteiger partial charge in [-0.3, -0.25) is 14.5 Å². The fraction of sp³-hybridized carbons (Fsp3) is 0.385. The molecule has 2 aromatic rings. The van der Waals surface area contributed by atoms with Gasteiger partial charge in [0.15, 0.2) is 5.76 Å². The van der Waals surface area contributed by atoms with Crippen LogP contribution in [0.4, 0.5) is 0 Å². The molecule has 1 saturated heterocycles. The van der Waals surface area contributed by atoms with Crippen LogP contribution < -0.4 is 4.74 Å². The average molecular weight is 436 g/mol. The van der Waals surface area contributed by atoms with Crippen LogP contribution in [0.3, 0.4) is 0 Å². The molecule has 1 N–H and O–H groups in total. The highest BCUT2D eigenvalue weighted by Crippen LogP contribution is 2.42. The number of phenols is 1. The molecule has 0 spiro atoms. The van der Waals surface area contributed by atoms with Crippen molar-refractivity contribution in [1.82, 2.24) is 4.90 Å². The number of fused-ring (bicyclic) bond motifs is 1. The molecule has 2 aliphatic heterocycles. The van der Waals surface area contributed by atoms with Gasteiger partial charge in [-0.25, -0.2) is 0 Å². The number of allylic oxidation sites excluding steroid dienone is 1. The van der Waals surface area contributed by atoms with E-state index in [0.29, 0.717) is 61.5 Å². The number of esters is 1. The van der Waals surface area contributed by atoms with Crippen molar-refractivity contribution in [3.8, 4) is 11.5 Å². The quantitative estimate of drug-likeness (QED) is 0.554. The Hall–Kier alpha value is -3.12. The Morgan fingerprint density at radius 3 is 2.69 bits per heavy atom. The van der Waals surface area contributed by atoms with Crippen molar-refractivity contribution < 1.29 is 24.2 Å². The van der Waals surface area contributed by atoms with E-state index in [2.05, 4.69) is 4.90 Å². The van der Waals surface area contributed by atoms with Crippen molar-refractivity contribution in [1.29, 1.82) is 0 Å². The summed E-state index contributed by atoms with van der Waals surface area (Å²) in [5.74, 6) is 0.455. The number of phenolic OH excluding ortho intramolecular Hbond substituents is 1. The van der Waals surface area contributed by atoms with Gasteiger partial charge in [-0.2, -0.15) is 0 Å². The molecule has 0 aromatic heterocycles. The summed E-state index contributed by atoms with van der Waals surface area (Å²) >= 11 is 0. The van der Waals surface area contributed by atoms with Gasteiger partial charge < -0.3 is 14.6 Å². The maximum atomic E-state index is 13.1. The number of ether oxygens (including phenoxy) is 2. The number of nitrogens with zero attached hydrogens (tertiary/aromatic N) is 1. The van der Waals surface area contributed by atoms with Gasteiger partial charge in [-0.15, -0.1) is 0 Å². The van der Waals surface area contributed by atoms with E-state index in [9.17, 15) is 14.7 Å². The number of Topliss-reactive ketones (excluding diaryl/α,β-unsaturated/α-hetero) is 1. The molecule has 32 heavy (non-hydrogen) atoms. The highest BCUT2D eigenvalue weighted by molar-refractivity contribution is 6.15. The van der Waals surface area contributed by atoms with E-state index in [0.717, 1.165) is 11.1 Å². The maximum Gasteiger partial charge on any atom is 0.309 e. The van der Waals surface area contributed by atoms with Gasteiger partial charge >= 0.3 is 5.97 Å². The Morgan fingerprint density at radius 2 is 2.00 bits per heavy atom. The van der Waals surface area contributed by atoms with E-state index >= 15 is 0 Å². The van der Waals surface area contributed by atoms with Crippen LogP contribution in [0.2, 0.25) is 0 Å². The molecular weight excluding hydrogens is 406 g/mol. The molecule has 0 amide bonds. The topological polar surface area (TPSA) is 76.1 Å². The lowest BCUT2D eigenvalue weighted by atomic mass is 9.95. The SMILES string of the molecule is CCOC(=O)C1CCN(Cc2c(O)cc(C)c3c2O/C(=C/c2cccc(C)c2)C3=O)CC1. The molecule has 0 atom stereocenters. The van der Waals surface area contributed by atoms with E-state index in [1.165, 1.54) is 0 Å². The zero-order chi connectivity index (χ0) is 22.8. The largest absolute Gasteiger partial charge is 0.507 e. The molecule has 2 aromatic carbocycles. The highest BCUT2D eigenvalue weighted by atomic mass is 16.5. The first-order valence-corrected chi connectivity index (χ1v) is 11.1. The molecule has 6 heteroatoms. The first kappa shape index (κ1) is 22.1. The lowest BCUT2D eigenvalue weighted by Crippen LogP contribution is -2.36. The molecule has 1 fully saturated rings. The Bertz CT molecular complexity index is 1080. The summed E-state index contributed by atoms with van der Waals surface area (Å²) in [6.07, 6.45) is 3.18. The number of ketones is 1. The average Bonchev–Trinajstić information content (AvgIpc) is 3.08. The van der Waals surface area contributed by atoms with Gasteiger partial charge in [0.25, 0.3) is 0 Å². The molecule has 0 unspecified atom stereocenters. The summed E-state index contributed by atoms with van der Waals surface area (Å²) in [6.45, 7) is 7.90. The summed E-state index contributed by atoms with van der Waals surface area (Å²) < 4.78 is 11.2. The second-order valence-electron chi connectivity index (χ2n) is 8.55. The lowest BCUT2D eigenvalue weighted by molar-refractivity contribution is -0.149. The number of benzene rings is 2. The van der Waals surface area contributed by atoms with Crippen LogP contribution in [0.25, 0.3) is 6.08 Å². The molecule has 0 bridgehead atoms. The minimum atomic E-state index is -0.165. The van der Waals surface area contributed by atoms with Gasteiger partial charge in [0.05, 0.1) is 23.7 Å². The zero-order valence-electron chi connectivity index (χ0n) is 18.8. The Balaban J connectivity index is 1.56. The smallest absolute Gasteiger partial charge is 0.309 e. The van der Waals surface area contributed by atoms with Crippen molar-refractivity contribution in [3.05, 3.63) is 63.9 Å². The van der Waals surface area contributed by atoms with E-state index < -0.39 is 0 Å². The van der Waals surface area contributed by atoms with Gasteiger partial charge in [-0.1, -0.05) is 29.8 Å². The third-order valence-electron chi connectivity index (χ3n) is 6.15. The second kappa shape index (κ2) is 9.17. The molecule has 6 nitrogen and oxygen atoms in total. The van der Waals surface area contributed by atoms with Gasteiger partial charge in [0, 0.05) is 6.54 Å². The molecule has 0 saturated carbocycles.